The van der Waals surface area contributed by atoms with E-state index in [0.717, 1.165) is 0 Å². The number of carbonyl (C=O) groups excluding carboxylic acids is 1. The highest BCUT2D eigenvalue weighted by Crippen LogP contribution is 2.20. The summed E-state index contributed by atoms with van der Waals surface area (Å²) in [5.74, 6) is -0.428. The minimum absolute atomic E-state index is 0. The van der Waals surface area contributed by atoms with E-state index in [2.05, 4.69) is 10.3 Å². The fourth-order valence-corrected chi connectivity index (χ4v) is 1.69. The van der Waals surface area contributed by atoms with E-state index in [-0.39, 0.29) is 51.8 Å². The van der Waals surface area contributed by atoms with Gasteiger partial charge in [0.25, 0.3) is 11.6 Å². The largest absolute Gasteiger partial charge is 0.326 e. The number of nitrogens with one attached hydrogen (secondary N) is 1. The molecule has 0 aliphatic rings. The summed E-state index contributed by atoms with van der Waals surface area (Å²) in [5.41, 5.74) is 6.42. The van der Waals surface area contributed by atoms with Crippen LogP contribution in [0.15, 0.2) is 42.7 Å². The van der Waals surface area contributed by atoms with Crippen molar-refractivity contribution < 1.29 is 9.72 Å². The molecule has 0 unspecified atom stereocenters. The Morgan fingerprint density at radius 1 is 1.23 bits per heavy atom. The molecule has 2 aromatic rings. The van der Waals surface area contributed by atoms with E-state index >= 15 is 0 Å². The molecule has 0 aliphatic carbocycles. The first kappa shape index (κ1) is 20.2. The summed E-state index contributed by atoms with van der Waals surface area (Å²) in [6.45, 7) is 0.0442. The normalized spacial score (nSPS) is 9.14. The van der Waals surface area contributed by atoms with Crippen LogP contribution in [0, 0.1) is 10.1 Å². The summed E-state index contributed by atoms with van der Waals surface area (Å²) >= 11 is 0. The Bertz CT molecular complexity index is 653. The summed E-state index contributed by atoms with van der Waals surface area (Å²) in [5, 5.41) is 13.6. The zero-order valence-corrected chi connectivity index (χ0v) is 14.7. The first-order chi connectivity index (χ1) is 9.61. The van der Waals surface area contributed by atoms with Crippen molar-refractivity contribution in [2.45, 2.75) is 6.54 Å². The van der Waals surface area contributed by atoms with E-state index < -0.39 is 10.8 Å². The van der Waals surface area contributed by atoms with Crippen molar-refractivity contribution in [3.63, 3.8) is 0 Å². The second-order valence-corrected chi connectivity index (χ2v) is 3.99. The Morgan fingerprint density at radius 2 is 1.86 bits per heavy atom. The standard InChI is InChI=1S/C13H12N4O3.2BrH/c14-8-10-2-1-9(7-12(10)17(19)20)13(18)16-11-3-5-15-6-4-11;;/h1-7H,8,14H2,(H,15,16,18);2*1H. The minimum atomic E-state index is -0.550. The van der Waals surface area contributed by atoms with Crippen LogP contribution >= 0.6 is 34.0 Å². The van der Waals surface area contributed by atoms with Crippen LogP contribution in [-0.4, -0.2) is 15.8 Å². The van der Waals surface area contributed by atoms with E-state index in [4.69, 9.17) is 5.73 Å². The Balaban J connectivity index is 0.00000220. The highest BCUT2D eigenvalue weighted by Gasteiger charge is 2.16. The van der Waals surface area contributed by atoms with Gasteiger partial charge in [-0.1, -0.05) is 6.07 Å². The molecule has 0 spiro atoms. The SMILES string of the molecule is Br.Br.NCc1ccc(C(=O)Nc2ccncc2)cc1[N+](=O)[O-]. The Hall–Kier alpha value is -1.84. The quantitative estimate of drug-likeness (QED) is 0.568. The number of amides is 1. The summed E-state index contributed by atoms with van der Waals surface area (Å²) < 4.78 is 0. The third-order valence-electron chi connectivity index (χ3n) is 2.70. The average molecular weight is 434 g/mol. The number of hydrogen-bond donors (Lipinski definition) is 2. The number of halogens is 2. The molecule has 1 aromatic heterocycles. The van der Waals surface area contributed by atoms with Crippen molar-refractivity contribution in [3.05, 3.63) is 64.0 Å². The smallest absolute Gasteiger partial charge is 0.274 e. The molecule has 0 bridgehead atoms. The number of benzene rings is 1. The maximum absolute atomic E-state index is 12.0. The van der Waals surface area contributed by atoms with Gasteiger partial charge in [-0.2, -0.15) is 0 Å². The van der Waals surface area contributed by atoms with Crippen LogP contribution in [0.2, 0.25) is 0 Å². The molecule has 2 rings (SSSR count). The van der Waals surface area contributed by atoms with Crippen molar-refractivity contribution in [2.75, 3.05) is 5.32 Å². The highest BCUT2D eigenvalue weighted by molar-refractivity contribution is 8.93. The zero-order valence-electron chi connectivity index (χ0n) is 11.3. The third kappa shape index (κ3) is 4.86. The fourth-order valence-electron chi connectivity index (χ4n) is 1.69. The van der Waals surface area contributed by atoms with Crippen LogP contribution in [0.5, 0.6) is 0 Å². The molecule has 7 nitrogen and oxygen atoms in total. The molecule has 9 heteroatoms. The van der Waals surface area contributed by atoms with E-state index in [9.17, 15) is 14.9 Å². The molecule has 22 heavy (non-hydrogen) atoms. The van der Waals surface area contributed by atoms with Gasteiger partial charge in [-0.25, -0.2) is 0 Å². The highest BCUT2D eigenvalue weighted by atomic mass is 79.9. The molecule has 0 saturated heterocycles. The summed E-state index contributed by atoms with van der Waals surface area (Å²) in [7, 11) is 0. The lowest BCUT2D eigenvalue weighted by atomic mass is 10.1. The Kier molecular flexibility index (Phi) is 8.46. The molecule has 0 aliphatic heterocycles. The van der Waals surface area contributed by atoms with E-state index in [0.29, 0.717) is 11.3 Å². The van der Waals surface area contributed by atoms with Gasteiger partial charge in [0.1, 0.15) is 0 Å². The van der Waals surface area contributed by atoms with Crippen LogP contribution in [0.3, 0.4) is 0 Å². The number of nitrogens with two attached hydrogens (primary N) is 1. The monoisotopic (exact) mass is 432 g/mol. The second kappa shape index (κ2) is 9.23. The maximum atomic E-state index is 12.0. The van der Waals surface area contributed by atoms with Crippen LogP contribution in [0.25, 0.3) is 0 Å². The van der Waals surface area contributed by atoms with Gasteiger partial charge in [-0.15, -0.1) is 34.0 Å². The van der Waals surface area contributed by atoms with Crippen molar-refractivity contribution in [2.24, 2.45) is 5.73 Å². The number of carbonyl (C=O) groups is 1. The van der Waals surface area contributed by atoms with Crippen molar-refractivity contribution >= 4 is 51.2 Å². The third-order valence-corrected chi connectivity index (χ3v) is 2.70. The molecule has 1 amide bonds. The van der Waals surface area contributed by atoms with Gasteiger partial charge in [0, 0.05) is 41.8 Å². The van der Waals surface area contributed by atoms with Gasteiger partial charge >= 0.3 is 0 Å². The Labute approximate surface area is 147 Å². The summed E-state index contributed by atoms with van der Waals surface area (Å²) in [6.07, 6.45) is 3.07. The van der Waals surface area contributed by atoms with Crippen LogP contribution < -0.4 is 11.1 Å². The fraction of sp³-hybridized carbons (Fsp3) is 0.0769. The maximum Gasteiger partial charge on any atom is 0.274 e. The molecule has 0 atom stereocenters. The first-order valence-electron chi connectivity index (χ1n) is 5.80. The zero-order chi connectivity index (χ0) is 14.5. The Morgan fingerprint density at radius 3 is 2.41 bits per heavy atom. The van der Waals surface area contributed by atoms with Gasteiger partial charge in [-0.05, 0) is 18.2 Å². The van der Waals surface area contributed by atoms with Crippen molar-refractivity contribution in [3.8, 4) is 0 Å². The second-order valence-electron chi connectivity index (χ2n) is 3.99. The van der Waals surface area contributed by atoms with E-state index in [1.165, 1.54) is 30.6 Å². The van der Waals surface area contributed by atoms with Crippen LogP contribution in [0.4, 0.5) is 11.4 Å². The van der Waals surface area contributed by atoms with Gasteiger partial charge in [-0.3, -0.25) is 19.9 Å². The lowest BCUT2D eigenvalue weighted by Gasteiger charge is -2.06. The molecule has 0 saturated carbocycles. The molecule has 118 valence electrons. The predicted molar refractivity (Wildman–Crippen MR) is 93.8 cm³/mol. The predicted octanol–water partition coefficient (Wildman–Crippen LogP) is 2.86. The topological polar surface area (TPSA) is 111 Å². The number of hydrogen-bond acceptors (Lipinski definition) is 5. The number of aromatic nitrogens is 1. The number of anilines is 1. The molecule has 1 aromatic carbocycles. The average Bonchev–Trinajstić information content (AvgIpc) is 2.47. The van der Waals surface area contributed by atoms with Crippen LogP contribution in [-0.2, 0) is 6.54 Å². The minimum Gasteiger partial charge on any atom is -0.326 e. The number of nitrogens with zero attached hydrogens (tertiary/aromatic N) is 2. The number of nitro benzene ring substituents is 1. The van der Waals surface area contributed by atoms with Crippen molar-refractivity contribution in [1.82, 2.24) is 4.98 Å². The lowest BCUT2D eigenvalue weighted by molar-refractivity contribution is -0.385. The molecule has 0 fully saturated rings. The lowest BCUT2D eigenvalue weighted by Crippen LogP contribution is -2.13. The number of pyridine rings is 1. The molecular formula is C13H14Br2N4O3. The van der Waals surface area contributed by atoms with E-state index in [1.807, 2.05) is 0 Å². The van der Waals surface area contributed by atoms with Crippen molar-refractivity contribution in [1.29, 1.82) is 0 Å². The van der Waals surface area contributed by atoms with Gasteiger partial charge in [0.2, 0.25) is 0 Å². The summed E-state index contributed by atoms with van der Waals surface area (Å²) in [6, 6.07) is 7.46. The van der Waals surface area contributed by atoms with E-state index in [1.54, 1.807) is 12.1 Å². The van der Waals surface area contributed by atoms with Crippen LogP contribution in [0.1, 0.15) is 15.9 Å². The molecule has 3 N–H and O–H groups in total. The molecule has 1 heterocycles. The van der Waals surface area contributed by atoms with Gasteiger partial charge in [0.05, 0.1) is 4.92 Å². The van der Waals surface area contributed by atoms with Gasteiger partial charge < -0.3 is 11.1 Å². The first-order valence-corrected chi connectivity index (χ1v) is 5.80. The molecular weight excluding hydrogens is 420 g/mol. The summed E-state index contributed by atoms with van der Waals surface area (Å²) in [4.78, 5) is 26.2. The molecule has 0 radical (unpaired) electrons. The number of rotatable bonds is 4. The van der Waals surface area contributed by atoms with Gasteiger partial charge in [0.15, 0.2) is 0 Å². The number of nitro groups is 1.